The summed E-state index contributed by atoms with van der Waals surface area (Å²) < 4.78 is 7.14. The van der Waals surface area contributed by atoms with Crippen LogP contribution in [0, 0.1) is 11.3 Å². The average Bonchev–Trinajstić information content (AvgIpc) is 2.61. The number of rotatable bonds is 1. The normalized spacial score (nSPS) is 14.0. The first kappa shape index (κ1) is 15.9. The molecule has 0 aliphatic carbocycles. The van der Waals surface area contributed by atoms with Crippen LogP contribution in [0.25, 0.3) is 22.3 Å². The molecular weight excluding hydrogens is 374 g/mol. The molecule has 3 aromatic carbocycles. The van der Waals surface area contributed by atoms with Crippen LogP contribution in [-0.4, -0.2) is 0 Å². The minimum absolute atomic E-state index is 0.352. The molecule has 0 unspecified atom stereocenters. The third-order valence-electron chi connectivity index (χ3n) is 4.57. The monoisotopic (exact) mass is 389 g/mol. The fourth-order valence-electron chi connectivity index (χ4n) is 3.40. The summed E-state index contributed by atoms with van der Waals surface area (Å²) in [4.78, 5) is 0. The van der Waals surface area contributed by atoms with Crippen LogP contribution in [0.5, 0.6) is 5.75 Å². The van der Waals surface area contributed by atoms with Gasteiger partial charge in [-0.05, 0) is 60.9 Å². The molecule has 0 N–H and O–H groups in total. The van der Waals surface area contributed by atoms with E-state index >= 15 is 0 Å². The summed E-state index contributed by atoms with van der Waals surface area (Å²) >= 11 is 3.49. The first-order chi connectivity index (χ1) is 12.0. The van der Waals surface area contributed by atoms with E-state index in [0.717, 1.165) is 26.9 Å². The predicted molar refractivity (Wildman–Crippen MR) is 103 cm³/mol. The smallest absolute Gasteiger partial charge is 0.129 e. The van der Waals surface area contributed by atoms with Gasteiger partial charge in [0.2, 0.25) is 0 Å². The van der Waals surface area contributed by atoms with Gasteiger partial charge in [0, 0.05) is 15.6 Å². The average molecular weight is 390 g/mol. The van der Waals surface area contributed by atoms with Gasteiger partial charge in [0.25, 0.3) is 0 Å². The topological polar surface area (TPSA) is 33.0 Å². The lowest BCUT2D eigenvalue weighted by Crippen LogP contribution is -2.29. The summed E-state index contributed by atoms with van der Waals surface area (Å²) in [6, 6.07) is 22.6. The summed E-state index contributed by atoms with van der Waals surface area (Å²) in [5, 5.41) is 9.22. The van der Waals surface area contributed by atoms with Crippen molar-refractivity contribution in [2.24, 2.45) is 0 Å². The van der Waals surface area contributed by atoms with Crippen molar-refractivity contribution in [1.82, 2.24) is 0 Å². The Balaban J connectivity index is 1.91. The van der Waals surface area contributed by atoms with Crippen LogP contribution >= 0.6 is 15.9 Å². The number of fused-ring (bicyclic) bond motifs is 3. The van der Waals surface area contributed by atoms with E-state index in [1.165, 1.54) is 11.1 Å². The summed E-state index contributed by atoms with van der Waals surface area (Å²) in [6.07, 6.45) is 0. The zero-order chi connectivity index (χ0) is 17.6. The van der Waals surface area contributed by atoms with E-state index in [9.17, 15) is 5.26 Å². The van der Waals surface area contributed by atoms with Crippen molar-refractivity contribution in [2.45, 2.75) is 19.4 Å². The highest BCUT2D eigenvalue weighted by Crippen LogP contribution is 2.46. The lowest BCUT2D eigenvalue weighted by Gasteiger charge is -2.35. The first-order valence-corrected chi connectivity index (χ1v) is 8.91. The number of benzene rings is 3. The largest absolute Gasteiger partial charge is 0.482 e. The summed E-state index contributed by atoms with van der Waals surface area (Å²) in [5.41, 5.74) is 5.84. The molecule has 1 aliphatic heterocycles. The van der Waals surface area contributed by atoms with Gasteiger partial charge in [0.15, 0.2) is 0 Å². The minimum atomic E-state index is -0.352. The van der Waals surface area contributed by atoms with Crippen LogP contribution < -0.4 is 4.74 Å². The predicted octanol–water partition coefficient (Wildman–Crippen LogP) is 6.28. The molecule has 0 saturated carbocycles. The number of ether oxygens (including phenoxy) is 1. The molecule has 1 aliphatic rings. The van der Waals surface area contributed by atoms with Gasteiger partial charge in [-0.3, -0.25) is 0 Å². The molecule has 0 amide bonds. The van der Waals surface area contributed by atoms with Crippen molar-refractivity contribution in [3.63, 3.8) is 0 Å². The Hall–Kier alpha value is -2.57. The van der Waals surface area contributed by atoms with Crippen molar-refractivity contribution in [3.8, 4) is 34.1 Å². The Morgan fingerprint density at radius 2 is 1.72 bits per heavy atom. The number of nitriles is 1. The second-order valence-electron chi connectivity index (χ2n) is 6.71. The maximum absolute atomic E-state index is 9.22. The molecule has 0 radical (unpaired) electrons. The molecule has 0 bridgehead atoms. The van der Waals surface area contributed by atoms with Crippen LogP contribution in [0.2, 0.25) is 0 Å². The third kappa shape index (κ3) is 2.73. The fraction of sp³-hybridized carbons (Fsp3) is 0.136. The second kappa shape index (κ2) is 5.75. The molecule has 0 atom stereocenters. The quantitative estimate of drug-likeness (QED) is 0.490. The van der Waals surface area contributed by atoms with Crippen LogP contribution in [0.4, 0.5) is 0 Å². The van der Waals surface area contributed by atoms with Crippen molar-refractivity contribution in [2.75, 3.05) is 0 Å². The molecule has 0 aromatic heterocycles. The molecule has 122 valence electrons. The summed E-state index contributed by atoms with van der Waals surface area (Å²) in [7, 11) is 0. The highest BCUT2D eigenvalue weighted by Gasteiger charge is 2.32. The lowest BCUT2D eigenvalue weighted by atomic mass is 9.85. The Morgan fingerprint density at radius 3 is 2.52 bits per heavy atom. The third-order valence-corrected chi connectivity index (χ3v) is 5.03. The standard InChI is InChI=1S/C22H16BrNO/c1-22(2)20-6-4-3-5-18(20)19-12-15(7-8-21(19)25-22)16-9-14(13-24)10-17(23)11-16/h3-12H,1-2H3. The van der Waals surface area contributed by atoms with Gasteiger partial charge >= 0.3 is 0 Å². The molecular formula is C22H16BrNO. The molecule has 0 fully saturated rings. The SMILES string of the molecule is CC1(C)Oc2ccc(-c3cc(Br)cc(C#N)c3)cc2-c2ccccc21. The number of nitrogens with zero attached hydrogens (tertiary/aromatic N) is 1. The maximum Gasteiger partial charge on any atom is 0.129 e. The van der Waals surface area contributed by atoms with Crippen molar-refractivity contribution < 1.29 is 4.74 Å². The van der Waals surface area contributed by atoms with Gasteiger partial charge in [0.05, 0.1) is 11.6 Å². The Bertz CT molecular complexity index is 1030. The first-order valence-electron chi connectivity index (χ1n) is 8.12. The van der Waals surface area contributed by atoms with E-state index in [1.807, 2.05) is 36.4 Å². The second-order valence-corrected chi connectivity index (χ2v) is 7.62. The molecule has 25 heavy (non-hydrogen) atoms. The lowest BCUT2D eigenvalue weighted by molar-refractivity contribution is 0.106. The zero-order valence-corrected chi connectivity index (χ0v) is 15.6. The van der Waals surface area contributed by atoms with E-state index < -0.39 is 0 Å². The van der Waals surface area contributed by atoms with E-state index in [4.69, 9.17) is 4.74 Å². The van der Waals surface area contributed by atoms with Crippen molar-refractivity contribution >= 4 is 15.9 Å². The number of hydrogen-bond acceptors (Lipinski definition) is 2. The number of hydrogen-bond donors (Lipinski definition) is 0. The van der Waals surface area contributed by atoms with Crippen molar-refractivity contribution in [3.05, 3.63) is 76.3 Å². The number of halogens is 1. The van der Waals surface area contributed by atoms with Gasteiger partial charge in [-0.15, -0.1) is 0 Å². The highest BCUT2D eigenvalue weighted by atomic mass is 79.9. The van der Waals surface area contributed by atoms with Gasteiger partial charge in [-0.25, -0.2) is 0 Å². The Kier molecular flexibility index (Phi) is 3.67. The van der Waals surface area contributed by atoms with Crippen molar-refractivity contribution in [1.29, 1.82) is 5.26 Å². The summed E-state index contributed by atoms with van der Waals surface area (Å²) in [6.45, 7) is 4.19. The van der Waals surface area contributed by atoms with Gasteiger partial charge in [-0.1, -0.05) is 46.3 Å². The Labute approximate surface area is 155 Å². The minimum Gasteiger partial charge on any atom is -0.482 e. The highest BCUT2D eigenvalue weighted by molar-refractivity contribution is 9.10. The van der Waals surface area contributed by atoms with Gasteiger partial charge < -0.3 is 4.74 Å². The summed E-state index contributed by atoms with van der Waals surface area (Å²) in [5.74, 6) is 0.892. The molecule has 3 heteroatoms. The Morgan fingerprint density at radius 1 is 0.920 bits per heavy atom. The maximum atomic E-state index is 9.22. The van der Waals surface area contributed by atoms with E-state index in [2.05, 4.69) is 60.1 Å². The van der Waals surface area contributed by atoms with E-state index in [-0.39, 0.29) is 5.60 Å². The molecule has 4 rings (SSSR count). The van der Waals surface area contributed by atoms with E-state index in [1.54, 1.807) is 0 Å². The van der Waals surface area contributed by atoms with Gasteiger partial charge in [-0.2, -0.15) is 5.26 Å². The van der Waals surface area contributed by atoms with Gasteiger partial charge in [0.1, 0.15) is 11.4 Å². The zero-order valence-electron chi connectivity index (χ0n) is 14.0. The fourth-order valence-corrected chi connectivity index (χ4v) is 3.90. The van der Waals surface area contributed by atoms with E-state index in [0.29, 0.717) is 5.56 Å². The van der Waals surface area contributed by atoms with Crippen LogP contribution in [0.3, 0.4) is 0 Å². The molecule has 0 saturated heterocycles. The molecule has 0 spiro atoms. The molecule has 1 heterocycles. The van der Waals surface area contributed by atoms with Crippen LogP contribution in [0.15, 0.2) is 65.1 Å². The molecule has 3 aromatic rings. The molecule has 2 nitrogen and oxygen atoms in total. The van der Waals surface area contributed by atoms with Crippen LogP contribution in [-0.2, 0) is 5.60 Å². The van der Waals surface area contributed by atoms with Crippen LogP contribution in [0.1, 0.15) is 25.0 Å².